The van der Waals surface area contributed by atoms with Crippen LogP contribution in [-0.4, -0.2) is 79.4 Å². The molecule has 158 valence electrons. The molecule has 0 unspecified atom stereocenters. The van der Waals surface area contributed by atoms with Gasteiger partial charge in [0, 0.05) is 38.6 Å². The maximum atomic E-state index is 13.1. The van der Waals surface area contributed by atoms with E-state index in [1.165, 1.54) is 0 Å². The van der Waals surface area contributed by atoms with Crippen LogP contribution in [0.3, 0.4) is 0 Å². The Morgan fingerprint density at radius 2 is 1.86 bits per heavy atom. The summed E-state index contributed by atoms with van der Waals surface area (Å²) in [7, 11) is 2.12. The second kappa shape index (κ2) is 9.16. The minimum absolute atomic E-state index is 0.111. The largest absolute Gasteiger partial charge is 0.493 e. The number of likely N-dealkylation sites (N-methyl/N-ethyl adjacent to an activating group) is 1. The third-order valence-corrected chi connectivity index (χ3v) is 6.91. The first-order valence-electron chi connectivity index (χ1n) is 11.0. The van der Waals surface area contributed by atoms with Gasteiger partial charge in [-0.3, -0.25) is 9.59 Å². The van der Waals surface area contributed by atoms with Gasteiger partial charge in [0.05, 0.1) is 13.0 Å². The zero-order valence-corrected chi connectivity index (χ0v) is 17.5. The summed E-state index contributed by atoms with van der Waals surface area (Å²) in [6.07, 6.45) is 3.48. The van der Waals surface area contributed by atoms with Crippen molar-refractivity contribution in [1.29, 1.82) is 0 Å². The van der Waals surface area contributed by atoms with E-state index in [9.17, 15) is 9.59 Å². The first-order valence-corrected chi connectivity index (χ1v) is 11.0. The highest BCUT2D eigenvalue weighted by atomic mass is 16.5. The fourth-order valence-corrected chi connectivity index (χ4v) is 5.03. The van der Waals surface area contributed by atoms with Crippen molar-refractivity contribution in [3.63, 3.8) is 0 Å². The Balaban J connectivity index is 1.26. The highest BCUT2D eigenvalue weighted by Crippen LogP contribution is 2.46. The van der Waals surface area contributed by atoms with Crippen LogP contribution >= 0.6 is 0 Å². The highest BCUT2D eigenvalue weighted by molar-refractivity contribution is 5.81. The number of amides is 2. The summed E-state index contributed by atoms with van der Waals surface area (Å²) in [6.45, 7) is 5.68. The van der Waals surface area contributed by atoms with Crippen LogP contribution in [0, 0.1) is 17.8 Å². The summed E-state index contributed by atoms with van der Waals surface area (Å²) in [5.41, 5.74) is 0. The summed E-state index contributed by atoms with van der Waals surface area (Å²) in [5.74, 6) is 2.34. The van der Waals surface area contributed by atoms with Crippen LogP contribution < -0.4 is 4.74 Å². The zero-order valence-electron chi connectivity index (χ0n) is 17.5. The van der Waals surface area contributed by atoms with E-state index in [0.717, 1.165) is 64.3 Å². The third-order valence-electron chi connectivity index (χ3n) is 6.91. The molecule has 0 radical (unpaired) electrons. The Kier molecular flexibility index (Phi) is 6.38. The number of rotatable bonds is 5. The van der Waals surface area contributed by atoms with Gasteiger partial charge in [0.15, 0.2) is 0 Å². The van der Waals surface area contributed by atoms with Crippen molar-refractivity contribution in [2.75, 3.05) is 52.9 Å². The van der Waals surface area contributed by atoms with Crippen LogP contribution in [-0.2, 0) is 9.59 Å². The summed E-state index contributed by atoms with van der Waals surface area (Å²) in [5, 5.41) is 0. The molecule has 0 spiro atoms. The SMILES string of the molecule is CN1CCCN(C(=O)[C@@H]2C[C@H]3CCN(C(=O)CCOc4ccccc4)C[C@H]32)CC1. The van der Waals surface area contributed by atoms with Gasteiger partial charge in [-0.2, -0.15) is 0 Å². The molecule has 3 fully saturated rings. The molecule has 1 aliphatic carbocycles. The first-order chi connectivity index (χ1) is 14.1. The average Bonchev–Trinajstić information content (AvgIpc) is 2.94. The van der Waals surface area contributed by atoms with E-state index in [0.29, 0.717) is 30.8 Å². The molecule has 2 saturated heterocycles. The lowest BCUT2D eigenvalue weighted by Crippen LogP contribution is -2.57. The van der Waals surface area contributed by atoms with E-state index in [1.807, 2.05) is 35.2 Å². The van der Waals surface area contributed by atoms with E-state index < -0.39 is 0 Å². The van der Waals surface area contributed by atoms with Gasteiger partial charge in [-0.05, 0) is 56.8 Å². The van der Waals surface area contributed by atoms with Crippen molar-refractivity contribution in [2.45, 2.75) is 25.7 Å². The topological polar surface area (TPSA) is 53.1 Å². The first kappa shape index (κ1) is 20.2. The molecule has 0 aromatic heterocycles. The molecule has 1 aromatic carbocycles. The lowest BCUT2D eigenvalue weighted by atomic mass is 9.61. The molecule has 1 saturated carbocycles. The molecule has 3 atom stereocenters. The average molecular weight is 400 g/mol. The Labute approximate surface area is 173 Å². The van der Waals surface area contributed by atoms with Crippen molar-refractivity contribution >= 4 is 11.8 Å². The molecular weight excluding hydrogens is 366 g/mol. The fraction of sp³-hybridized carbons (Fsp3) is 0.652. The van der Waals surface area contributed by atoms with Gasteiger partial charge in [0.1, 0.15) is 5.75 Å². The van der Waals surface area contributed by atoms with Gasteiger partial charge >= 0.3 is 0 Å². The van der Waals surface area contributed by atoms with E-state index in [1.54, 1.807) is 0 Å². The highest BCUT2D eigenvalue weighted by Gasteiger charge is 2.49. The molecule has 4 rings (SSSR count). The number of ether oxygens (including phenoxy) is 1. The number of hydrogen-bond acceptors (Lipinski definition) is 4. The van der Waals surface area contributed by atoms with Crippen LogP contribution in [0.15, 0.2) is 30.3 Å². The summed E-state index contributed by atoms with van der Waals surface area (Å²) in [4.78, 5) is 32.1. The number of fused-ring (bicyclic) bond motifs is 1. The minimum atomic E-state index is 0.111. The molecule has 1 aromatic rings. The number of likely N-dealkylation sites (tertiary alicyclic amines) is 1. The Hall–Kier alpha value is -2.08. The van der Waals surface area contributed by atoms with Gasteiger partial charge in [0.2, 0.25) is 11.8 Å². The van der Waals surface area contributed by atoms with E-state index in [-0.39, 0.29) is 11.8 Å². The standard InChI is InChI=1S/C23H33N3O3/c1-24-10-5-11-25(14-13-24)23(28)20-16-18-8-12-26(17-21(18)20)22(27)9-15-29-19-6-3-2-4-7-19/h2-4,6-7,18,20-21H,5,8-17H2,1H3/t18-,20-,21-/m1/s1. The van der Waals surface area contributed by atoms with Gasteiger partial charge in [-0.1, -0.05) is 18.2 Å². The molecule has 2 aliphatic heterocycles. The monoisotopic (exact) mass is 399 g/mol. The molecule has 2 amide bonds. The second-order valence-electron chi connectivity index (χ2n) is 8.79. The lowest BCUT2D eigenvalue weighted by Gasteiger charge is -2.51. The number of carbonyl (C=O) groups is 2. The maximum Gasteiger partial charge on any atom is 0.226 e. The summed E-state index contributed by atoms with van der Waals surface area (Å²) < 4.78 is 5.68. The summed E-state index contributed by atoms with van der Waals surface area (Å²) in [6, 6.07) is 9.61. The van der Waals surface area contributed by atoms with Gasteiger partial charge < -0.3 is 19.4 Å². The quantitative estimate of drug-likeness (QED) is 0.761. The van der Waals surface area contributed by atoms with E-state index in [4.69, 9.17) is 4.74 Å². The minimum Gasteiger partial charge on any atom is -0.493 e. The van der Waals surface area contributed by atoms with Crippen LogP contribution in [0.4, 0.5) is 0 Å². The Morgan fingerprint density at radius 1 is 1.03 bits per heavy atom. The van der Waals surface area contributed by atoms with Crippen LogP contribution in [0.5, 0.6) is 5.75 Å². The van der Waals surface area contributed by atoms with Gasteiger partial charge in [0.25, 0.3) is 0 Å². The van der Waals surface area contributed by atoms with Crippen LogP contribution in [0.1, 0.15) is 25.7 Å². The molecule has 6 heteroatoms. The molecule has 3 aliphatic rings. The van der Waals surface area contributed by atoms with E-state index >= 15 is 0 Å². The number of carbonyl (C=O) groups excluding carboxylic acids is 2. The number of benzene rings is 1. The van der Waals surface area contributed by atoms with Crippen molar-refractivity contribution < 1.29 is 14.3 Å². The van der Waals surface area contributed by atoms with Crippen LogP contribution in [0.25, 0.3) is 0 Å². The van der Waals surface area contributed by atoms with Crippen molar-refractivity contribution in [2.24, 2.45) is 17.8 Å². The normalized spacial score (nSPS) is 27.6. The van der Waals surface area contributed by atoms with Crippen molar-refractivity contribution in [3.8, 4) is 5.75 Å². The number of para-hydroxylation sites is 1. The van der Waals surface area contributed by atoms with E-state index in [2.05, 4.69) is 16.8 Å². The van der Waals surface area contributed by atoms with Gasteiger partial charge in [-0.15, -0.1) is 0 Å². The Bertz CT molecular complexity index is 711. The number of nitrogens with zero attached hydrogens (tertiary/aromatic N) is 3. The molecule has 29 heavy (non-hydrogen) atoms. The smallest absolute Gasteiger partial charge is 0.226 e. The predicted octanol–water partition coefficient (Wildman–Crippen LogP) is 2.10. The molecule has 0 N–H and O–H groups in total. The molecule has 2 heterocycles. The molecule has 0 bridgehead atoms. The fourth-order valence-electron chi connectivity index (χ4n) is 5.03. The van der Waals surface area contributed by atoms with Crippen LogP contribution in [0.2, 0.25) is 0 Å². The van der Waals surface area contributed by atoms with Crippen molar-refractivity contribution in [3.05, 3.63) is 30.3 Å². The number of piperidine rings is 1. The summed E-state index contributed by atoms with van der Waals surface area (Å²) >= 11 is 0. The molecular formula is C23H33N3O3. The zero-order chi connectivity index (χ0) is 20.2. The maximum absolute atomic E-state index is 13.1. The van der Waals surface area contributed by atoms with Crippen molar-refractivity contribution in [1.82, 2.24) is 14.7 Å². The predicted molar refractivity (Wildman–Crippen MR) is 112 cm³/mol. The molecule has 6 nitrogen and oxygen atoms in total. The third kappa shape index (κ3) is 4.74. The van der Waals surface area contributed by atoms with Gasteiger partial charge in [-0.25, -0.2) is 0 Å². The number of hydrogen-bond donors (Lipinski definition) is 0. The Morgan fingerprint density at radius 3 is 2.69 bits per heavy atom. The lowest BCUT2D eigenvalue weighted by molar-refractivity contribution is -0.152. The second-order valence-corrected chi connectivity index (χ2v) is 8.79.